The Morgan fingerprint density at radius 3 is 2.26 bits per heavy atom. The van der Waals surface area contributed by atoms with Crippen LogP contribution in [0.25, 0.3) is 0 Å². The third kappa shape index (κ3) is 4.72. The van der Waals surface area contributed by atoms with Crippen LogP contribution in [-0.2, 0) is 15.6 Å². The average Bonchev–Trinajstić information content (AvgIpc) is 2.17. The molecule has 0 fully saturated rings. The van der Waals surface area contributed by atoms with E-state index in [1.54, 1.807) is 26.0 Å². The predicted octanol–water partition coefficient (Wildman–Crippen LogP) is 2.34. The lowest BCUT2D eigenvalue weighted by Crippen LogP contribution is -2.35. The van der Waals surface area contributed by atoms with E-state index in [0.717, 1.165) is 5.56 Å². The summed E-state index contributed by atoms with van der Waals surface area (Å²) in [6, 6.07) is 4.71. The van der Waals surface area contributed by atoms with Crippen LogP contribution in [0.1, 0.15) is 40.2 Å². The largest absolute Gasteiger partial charge is 0.506 e. The molecule has 1 rings (SSSR count). The van der Waals surface area contributed by atoms with Gasteiger partial charge in [-0.05, 0) is 37.0 Å². The van der Waals surface area contributed by atoms with Crippen LogP contribution in [0.5, 0.6) is 5.75 Å². The molecule has 0 spiro atoms. The summed E-state index contributed by atoms with van der Waals surface area (Å²) < 4.78 is 28.3. The van der Waals surface area contributed by atoms with E-state index in [1.165, 1.54) is 6.07 Å². The number of aromatic hydroxyl groups is 1. The molecular weight excluding hydrogens is 264 g/mol. The summed E-state index contributed by atoms with van der Waals surface area (Å²) in [5.41, 5.74) is 0.993. The molecule has 5 nitrogen and oxygen atoms in total. The number of hydrogen-bond donors (Lipinski definition) is 3. The van der Waals surface area contributed by atoms with Crippen LogP contribution in [-0.4, -0.2) is 19.6 Å². The Morgan fingerprint density at radius 2 is 1.79 bits per heavy atom. The van der Waals surface area contributed by atoms with E-state index in [2.05, 4.69) is 9.44 Å². The molecule has 0 atom stereocenters. The summed E-state index contributed by atoms with van der Waals surface area (Å²) in [4.78, 5) is 0. The van der Waals surface area contributed by atoms with Crippen molar-refractivity contribution in [1.29, 1.82) is 0 Å². The van der Waals surface area contributed by atoms with Gasteiger partial charge in [-0.1, -0.05) is 26.8 Å². The van der Waals surface area contributed by atoms with Crippen molar-refractivity contribution in [1.82, 2.24) is 4.72 Å². The monoisotopic (exact) mass is 286 g/mol. The van der Waals surface area contributed by atoms with Crippen molar-refractivity contribution in [2.75, 3.05) is 4.72 Å². The SMILES string of the molecule is CC(C)NS(=O)(=O)Nc1cc(C(C)(C)C)ccc1O. The summed E-state index contributed by atoms with van der Waals surface area (Å²) in [6.07, 6.45) is 0. The fourth-order valence-electron chi connectivity index (χ4n) is 1.57. The summed E-state index contributed by atoms with van der Waals surface area (Å²) in [5, 5.41) is 9.74. The molecule has 6 heteroatoms. The third-order valence-electron chi connectivity index (χ3n) is 2.50. The van der Waals surface area contributed by atoms with Gasteiger partial charge in [-0.2, -0.15) is 13.1 Å². The van der Waals surface area contributed by atoms with Crippen LogP contribution in [0.4, 0.5) is 5.69 Å². The lowest BCUT2D eigenvalue weighted by atomic mass is 9.87. The summed E-state index contributed by atoms with van der Waals surface area (Å²) in [7, 11) is -3.68. The first kappa shape index (κ1) is 15.8. The fourth-order valence-corrected chi connectivity index (χ4v) is 2.70. The zero-order valence-electron chi connectivity index (χ0n) is 12.0. The third-order valence-corrected chi connectivity index (χ3v) is 3.77. The average molecular weight is 286 g/mol. The van der Waals surface area contributed by atoms with Crippen molar-refractivity contribution < 1.29 is 13.5 Å². The Morgan fingerprint density at radius 1 is 1.21 bits per heavy atom. The lowest BCUT2D eigenvalue weighted by Gasteiger charge is -2.21. The molecule has 1 aromatic carbocycles. The number of phenolic OH excluding ortho intramolecular Hbond substituents is 1. The zero-order chi connectivity index (χ0) is 14.8. The quantitative estimate of drug-likeness (QED) is 0.743. The van der Waals surface area contributed by atoms with E-state index in [0.29, 0.717) is 0 Å². The Balaban J connectivity index is 3.08. The van der Waals surface area contributed by atoms with Gasteiger partial charge in [0.25, 0.3) is 10.2 Å². The van der Waals surface area contributed by atoms with Crippen molar-refractivity contribution >= 4 is 15.9 Å². The molecule has 0 saturated carbocycles. The molecule has 0 unspecified atom stereocenters. The number of phenols is 1. The smallest absolute Gasteiger partial charge is 0.299 e. The van der Waals surface area contributed by atoms with Crippen LogP contribution >= 0.6 is 0 Å². The highest BCUT2D eigenvalue weighted by molar-refractivity contribution is 7.90. The number of benzene rings is 1. The molecule has 0 heterocycles. The minimum absolute atomic E-state index is 0.0952. The van der Waals surface area contributed by atoms with E-state index in [-0.39, 0.29) is 22.9 Å². The summed E-state index contributed by atoms with van der Waals surface area (Å²) in [5.74, 6) is -0.0952. The molecule has 3 N–H and O–H groups in total. The van der Waals surface area contributed by atoms with Gasteiger partial charge in [-0.3, -0.25) is 4.72 Å². The van der Waals surface area contributed by atoms with Gasteiger partial charge in [0.2, 0.25) is 0 Å². The van der Waals surface area contributed by atoms with Gasteiger partial charge in [0, 0.05) is 6.04 Å². The number of hydrogen-bond acceptors (Lipinski definition) is 3. The van der Waals surface area contributed by atoms with Gasteiger partial charge in [0.1, 0.15) is 5.75 Å². The van der Waals surface area contributed by atoms with E-state index < -0.39 is 10.2 Å². The molecule has 0 aromatic heterocycles. The van der Waals surface area contributed by atoms with Gasteiger partial charge < -0.3 is 5.11 Å². The van der Waals surface area contributed by atoms with Crippen LogP contribution < -0.4 is 9.44 Å². The van der Waals surface area contributed by atoms with Gasteiger partial charge in [0.15, 0.2) is 0 Å². The maximum atomic E-state index is 11.8. The second-order valence-corrected chi connectivity index (χ2v) is 7.31. The maximum absolute atomic E-state index is 11.8. The van der Waals surface area contributed by atoms with Crippen LogP contribution in [0.3, 0.4) is 0 Å². The van der Waals surface area contributed by atoms with E-state index in [9.17, 15) is 13.5 Å². The number of rotatable bonds is 4. The van der Waals surface area contributed by atoms with E-state index in [1.807, 2.05) is 20.8 Å². The Bertz CT molecular complexity index is 545. The highest BCUT2D eigenvalue weighted by Crippen LogP contribution is 2.31. The molecule has 0 radical (unpaired) electrons. The minimum atomic E-state index is -3.68. The molecule has 0 aliphatic carbocycles. The van der Waals surface area contributed by atoms with Crippen molar-refractivity contribution in [3.8, 4) is 5.75 Å². The molecule has 0 saturated heterocycles. The first-order valence-corrected chi connectivity index (χ1v) is 7.63. The topological polar surface area (TPSA) is 78.4 Å². The Labute approximate surface area is 115 Å². The molecule has 0 aliphatic heterocycles. The molecule has 0 bridgehead atoms. The molecular formula is C13H22N2O3S. The number of nitrogens with one attached hydrogen (secondary N) is 2. The first-order valence-electron chi connectivity index (χ1n) is 6.15. The van der Waals surface area contributed by atoms with Crippen LogP contribution in [0, 0.1) is 0 Å². The normalized spacial score (nSPS) is 12.7. The maximum Gasteiger partial charge on any atom is 0.299 e. The standard InChI is InChI=1S/C13H22N2O3S/c1-9(2)14-19(17,18)15-11-8-10(13(3,4)5)6-7-12(11)16/h6-9,14-16H,1-5H3. The molecule has 0 aliphatic rings. The highest BCUT2D eigenvalue weighted by atomic mass is 32.2. The van der Waals surface area contributed by atoms with Gasteiger partial charge >= 0.3 is 0 Å². The predicted molar refractivity (Wildman–Crippen MR) is 77.6 cm³/mol. The van der Waals surface area contributed by atoms with Crippen molar-refractivity contribution in [3.05, 3.63) is 23.8 Å². The Hall–Kier alpha value is -1.27. The van der Waals surface area contributed by atoms with Crippen LogP contribution in [0.15, 0.2) is 18.2 Å². The second kappa shape index (κ2) is 5.38. The first-order chi connectivity index (χ1) is 8.51. The van der Waals surface area contributed by atoms with Crippen molar-refractivity contribution in [2.45, 2.75) is 46.1 Å². The molecule has 0 amide bonds. The van der Waals surface area contributed by atoms with E-state index >= 15 is 0 Å². The Kier molecular flexibility index (Phi) is 4.47. The van der Waals surface area contributed by atoms with Crippen molar-refractivity contribution in [3.63, 3.8) is 0 Å². The zero-order valence-corrected chi connectivity index (χ0v) is 12.8. The van der Waals surface area contributed by atoms with Crippen molar-refractivity contribution in [2.24, 2.45) is 0 Å². The lowest BCUT2D eigenvalue weighted by molar-refractivity contribution is 0.476. The fraction of sp³-hybridized carbons (Fsp3) is 0.538. The molecule has 1 aromatic rings. The van der Waals surface area contributed by atoms with Gasteiger partial charge in [-0.25, -0.2) is 0 Å². The van der Waals surface area contributed by atoms with Gasteiger partial charge in [0.05, 0.1) is 5.69 Å². The minimum Gasteiger partial charge on any atom is -0.506 e. The van der Waals surface area contributed by atoms with Gasteiger partial charge in [-0.15, -0.1) is 0 Å². The summed E-state index contributed by atoms with van der Waals surface area (Å²) >= 11 is 0. The van der Waals surface area contributed by atoms with Crippen LogP contribution in [0.2, 0.25) is 0 Å². The number of anilines is 1. The summed E-state index contributed by atoms with van der Waals surface area (Å²) in [6.45, 7) is 9.51. The van der Waals surface area contributed by atoms with E-state index in [4.69, 9.17) is 0 Å². The molecule has 19 heavy (non-hydrogen) atoms. The highest BCUT2D eigenvalue weighted by Gasteiger charge is 2.18. The molecule has 108 valence electrons. The second-order valence-electron chi connectivity index (χ2n) is 5.86.